The van der Waals surface area contributed by atoms with Gasteiger partial charge in [-0.15, -0.1) is 0 Å². The van der Waals surface area contributed by atoms with Crippen LogP contribution in [0.5, 0.6) is 0 Å². The van der Waals surface area contributed by atoms with Crippen LogP contribution < -0.4 is 10.9 Å². The Morgan fingerprint density at radius 2 is 2.07 bits per heavy atom. The van der Waals surface area contributed by atoms with Gasteiger partial charge in [0.25, 0.3) is 5.56 Å². The van der Waals surface area contributed by atoms with Crippen LogP contribution in [0.1, 0.15) is 50.1 Å². The molecule has 2 N–H and O–H groups in total. The number of carbonyl (C=O) groups is 3. The number of hydrogen-bond donors (Lipinski definition) is 2. The fourth-order valence-electron chi connectivity index (χ4n) is 3.16. The molecular formula is C19H25N3O6. The third-order valence-electron chi connectivity index (χ3n) is 4.46. The molecular weight excluding hydrogens is 366 g/mol. The number of aromatic carboxylic acids is 1. The van der Waals surface area contributed by atoms with Crippen LogP contribution in [-0.2, 0) is 9.53 Å². The van der Waals surface area contributed by atoms with Crippen LogP contribution in [0.2, 0.25) is 0 Å². The molecule has 28 heavy (non-hydrogen) atoms. The molecule has 1 saturated heterocycles. The lowest BCUT2D eigenvalue weighted by atomic mass is 9.91. The normalized spacial score (nSPS) is 19.6. The highest BCUT2D eigenvalue weighted by Gasteiger charge is 2.37. The van der Waals surface area contributed by atoms with E-state index in [0.717, 1.165) is 0 Å². The molecule has 1 aromatic heterocycles. The van der Waals surface area contributed by atoms with Crippen LogP contribution in [0.3, 0.4) is 0 Å². The quantitative estimate of drug-likeness (QED) is 0.741. The highest BCUT2D eigenvalue weighted by atomic mass is 16.6. The van der Waals surface area contributed by atoms with Gasteiger partial charge in [0.1, 0.15) is 17.3 Å². The number of hydrogen-bond acceptors (Lipinski definition) is 5. The average Bonchev–Trinajstić information content (AvgIpc) is 2.60. The topological polar surface area (TPSA) is 118 Å². The molecule has 9 heteroatoms. The lowest BCUT2D eigenvalue weighted by molar-refractivity contribution is -0.109. The van der Waals surface area contributed by atoms with Gasteiger partial charge in [-0.3, -0.25) is 19.1 Å². The number of carboxylic acid groups (broad SMARTS) is 1. The molecule has 152 valence electrons. The molecule has 1 aromatic rings. The van der Waals surface area contributed by atoms with Gasteiger partial charge >= 0.3 is 12.1 Å². The lowest BCUT2D eigenvalue weighted by Crippen LogP contribution is -2.49. The van der Waals surface area contributed by atoms with Crippen molar-refractivity contribution >= 4 is 18.5 Å². The molecule has 0 aromatic carbocycles. The zero-order chi connectivity index (χ0) is 21.1. The predicted octanol–water partition coefficient (Wildman–Crippen LogP) is 1.95. The minimum atomic E-state index is -1.34. The maximum absolute atomic E-state index is 12.7. The number of nitrogens with zero attached hydrogens (tertiary/aromatic N) is 2. The Kier molecular flexibility index (Phi) is 6.27. The van der Waals surface area contributed by atoms with E-state index in [1.807, 2.05) is 0 Å². The molecule has 9 nitrogen and oxygen atoms in total. The number of nitrogens with one attached hydrogen (secondary N) is 1. The van der Waals surface area contributed by atoms with Crippen molar-refractivity contribution < 1.29 is 24.2 Å². The monoisotopic (exact) mass is 391 g/mol. The van der Waals surface area contributed by atoms with E-state index in [-0.39, 0.29) is 18.9 Å². The second kappa shape index (κ2) is 8.28. The summed E-state index contributed by atoms with van der Waals surface area (Å²) in [7, 11) is 0. The zero-order valence-electron chi connectivity index (χ0n) is 16.2. The molecule has 1 fully saturated rings. The van der Waals surface area contributed by atoms with E-state index in [9.17, 15) is 24.3 Å². The summed E-state index contributed by atoms with van der Waals surface area (Å²) >= 11 is 0. The van der Waals surface area contributed by atoms with Gasteiger partial charge in [0.2, 0.25) is 6.41 Å². The van der Waals surface area contributed by atoms with E-state index in [1.165, 1.54) is 27.8 Å². The molecule has 0 bridgehead atoms. The van der Waals surface area contributed by atoms with Crippen LogP contribution in [0, 0.1) is 5.92 Å². The summed E-state index contributed by atoms with van der Waals surface area (Å²) in [4.78, 5) is 48.9. The predicted molar refractivity (Wildman–Crippen MR) is 101 cm³/mol. The van der Waals surface area contributed by atoms with Gasteiger partial charge < -0.3 is 15.2 Å². The maximum Gasteiger partial charge on any atom is 0.411 e. The molecule has 2 unspecified atom stereocenters. The Balaban J connectivity index is 2.44. The number of allylic oxidation sites excluding steroid dienone is 1. The van der Waals surface area contributed by atoms with Gasteiger partial charge in [-0.1, -0.05) is 6.58 Å². The highest BCUT2D eigenvalue weighted by Crippen LogP contribution is 2.33. The third kappa shape index (κ3) is 4.79. The summed E-state index contributed by atoms with van der Waals surface area (Å²) < 4.78 is 6.67. The first-order valence-corrected chi connectivity index (χ1v) is 8.88. The van der Waals surface area contributed by atoms with E-state index in [2.05, 4.69) is 11.9 Å². The summed E-state index contributed by atoms with van der Waals surface area (Å²) in [5.41, 5.74) is -1.36. The van der Waals surface area contributed by atoms with Gasteiger partial charge in [-0.25, -0.2) is 9.59 Å². The first-order valence-electron chi connectivity index (χ1n) is 8.88. The SMILES string of the molecule is C=C(NC=O)C1CCN(C(=O)OC(C)(C)C)C(n2cccc(C(=O)O)c2=O)C1. The van der Waals surface area contributed by atoms with Crippen molar-refractivity contribution in [3.63, 3.8) is 0 Å². The van der Waals surface area contributed by atoms with Crippen molar-refractivity contribution in [3.05, 3.63) is 46.5 Å². The van der Waals surface area contributed by atoms with Crippen molar-refractivity contribution in [1.82, 2.24) is 14.8 Å². The fraction of sp³-hybridized carbons (Fsp3) is 0.474. The van der Waals surface area contributed by atoms with E-state index in [0.29, 0.717) is 18.5 Å². The molecule has 2 rings (SSSR count). The van der Waals surface area contributed by atoms with Gasteiger partial charge in [-0.2, -0.15) is 0 Å². The van der Waals surface area contributed by atoms with Crippen molar-refractivity contribution in [2.75, 3.05) is 6.54 Å². The zero-order valence-corrected chi connectivity index (χ0v) is 16.2. The van der Waals surface area contributed by atoms with E-state index in [1.54, 1.807) is 20.8 Å². The summed E-state index contributed by atoms with van der Waals surface area (Å²) in [6, 6.07) is 2.66. The number of rotatable bonds is 5. The molecule has 2 amide bonds. The third-order valence-corrected chi connectivity index (χ3v) is 4.46. The fourth-order valence-corrected chi connectivity index (χ4v) is 3.16. The number of amides is 2. The number of pyridine rings is 1. The van der Waals surface area contributed by atoms with Crippen molar-refractivity contribution in [3.8, 4) is 0 Å². The van der Waals surface area contributed by atoms with Gasteiger partial charge in [-0.05, 0) is 45.7 Å². The Labute approximate surface area is 162 Å². The minimum absolute atomic E-state index is 0.186. The number of carbonyl (C=O) groups excluding carboxylic acids is 2. The summed E-state index contributed by atoms with van der Waals surface area (Å²) in [6.07, 6.45) is 1.39. The van der Waals surface area contributed by atoms with Crippen LogP contribution in [-0.4, -0.2) is 45.2 Å². The van der Waals surface area contributed by atoms with Crippen LogP contribution in [0.4, 0.5) is 4.79 Å². The van der Waals surface area contributed by atoms with Crippen molar-refractivity contribution in [2.45, 2.75) is 45.4 Å². The van der Waals surface area contributed by atoms with E-state index >= 15 is 0 Å². The number of piperidine rings is 1. The van der Waals surface area contributed by atoms with Gasteiger partial charge in [0.05, 0.1) is 0 Å². The molecule has 1 aliphatic rings. The Morgan fingerprint density at radius 1 is 1.39 bits per heavy atom. The Bertz CT molecular complexity index is 839. The highest BCUT2D eigenvalue weighted by molar-refractivity contribution is 5.87. The van der Waals surface area contributed by atoms with Crippen LogP contribution >= 0.6 is 0 Å². The molecule has 0 saturated carbocycles. The Hall–Kier alpha value is -3.10. The first-order chi connectivity index (χ1) is 13.0. The van der Waals surface area contributed by atoms with Crippen LogP contribution in [0.25, 0.3) is 0 Å². The minimum Gasteiger partial charge on any atom is -0.477 e. The van der Waals surface area contributed by atoms with E-state index in [4.69, 9.17) is 4.74 Å². The summed E-state index contributed by atoms with van der Waals surface area (Å²) in [5.74, 6) is -1.53. The molecule has 2 atom stereocenters. The second-order valence-corrected chi connectivity index (χ2v) is 7.60. The van der Waals surface area contributed by atoms with Crippen LogP contribution in [0.15, 0.2) is 35.4 Å². The van der Waals surface area contributed by atoms with Crippen molar-refractivity contribution in [1.29, 1.82) is 0 Å². The number of aromatic nitrogens is 1. The second-order valence-electron chi connectivity index (χ2n) is 7.60. The first kappa shape index (κ1) is 21.2. The number of carboxylic acids is 1. The number of ether oxygens (including phenoxy) is 1. The van der Waals surface area contributed by atoms with Gasteiger partial charge in [0, 0.05) is 24.4 Å². The smallest absolute Gasteiger partial charge is 0.411 e. The summed E-state index contributed by atoms with van der Waals surface area (Å²) in [5, 5.41) is 11.8. The maximum atomic E-state index is 12.7. The summed E-state index contributed by atoms with van der Waals surface area (Å²) in [6.45, 7) is 9.30. The number of likely N-dealkylation sites (tertiary alicyclic amines) is 1. The lowest BCUT2D eigenvalue weighted by Gasteiger charge is -2.41. The standard InChI is InChI=1S/C19H25N3O6/c1-12(20-11-23)13-7-9-22(18(27)28-19(2,3)4)15(10-13)21-8-5-6-14(16(21)24)17(25)26/h5-6,8,11,13,15H,1,7,9-10H2,2-4H3,(H,20,23)(H,25,26). The molecule has 2 heterocycles. The molecule has 1 aliphatic heterocycles. The molecule has 0 radical (unpaired) electrons. The average molecular weight is 391 g/mol. The Morgan fingerprint density at radius 3 is 2.64 bits per heavy atom. The van der Waals surface area contributed by atoms with Gasteiger partial charge in [0.15, 0.2) is 0 Å². The molecule has 0 aliphatic carbocycles. The van der Waals surface area contributed by atoms with E-state index < -0.39 is 35.0 Å². The van der Waals surface area contributed by atoms with Crippen molar-refractivity contribution in [2.24, 2.45) is 5.92 Å². The molecule has 0 spiro atoms. The largest absolute Gasteiger partial charge is 0.477 e.